The summed E-state index contributed by atoms with van der Waals surface area (Å²) in [7, 11) is 1.58. The number of aliphatic hydroxyl groups excluding tert-OH is 1. The van der Waals surface area contributed by atoms with Crippen LogP contribution >= 0.6 is 0 Å². The summed E-state index contributed by atoms with van der Waals surface area (Å²) in [5.41, 5.74) is 1.10. The second-order valence-corrected chi connectivity index (χ2v) is 5.79. The molecule has 0 radical (unpaired) electrons. The average molecular weight is 365 g/mol. The zero-order chi connectivity index (χ0) is 18.6. The molecule has 26 heavy (non-hydrogen) atoms. The number of ether oxygens (including phenoxy) is 4. The molecule has 7 heteroatoms. The minimum atomic E-state index is -0.536. The summed E-state index contributed by atoms with van der Waals surface area (Å²) in [4.78, 5) is 12.3. The molecule has 1 aliphatic rings. The van der Waals surface area contributed by atoms with Crippen molar-refractivity contribution in [2.45, 2.75) is 18.6 Å². The Balaban J connectivity index is 1.99. The van der Waals surface area contributed by atoms with E-state index in [2.05, 4.69) is 5.32 Å². The number of carbonyl (C=O) groups is 1. The van der Waals surface area contributed by atoms with E-state index in [0.29, 0.717) is 32.8 Å². The number of nitrogens with one attached hydrogen (secondary N) is 1. The number of allylic oxidation sites excluding steroid dienone is 1. The standard InChI is InChI=1S/C19H27NO6/c1-23-9-7-20-19(22)17-13-16(15-5-3-2-4-6-15)14-18(26-17)25-12-11-24-10-8-21/h2-6,13,16,18,21H,7-12,14H2,1H3,(H,20,22). The van der Waals surface area contributed by atoms with E-state index >= 15 is 0 Å². The number of benzene rings is 1. The molecule has 2 atom stereocenters. The molecule has 2 N–H and O–H groups in total. The second-order valence-electron chi connectivity index (χ2n) is 5.79. The molecule has 1 heterocycles. The molecular formula is C19H27NO6. The number of aliphatic hydroxyl groups is 1. The SMILES string of the molecule is COCCNC(=O)C1=CC(c2ccccc2)CC(OCCOCCO)O1. The van der Waals surface area contributed by atoms with Gasteiger partial charge in [0.1, 0.15) is 0 Å². The van der Waals surface area contributed by atoms with E-state index in [1.54, 1.807) is 7.11 Å². The molecule has 7 nitrogen and oxygen atoms in total. The van der Waals surface area contributed by atoms with Crippen molar-refractivity contribution in [2.75, 3.05) is 46.7 Å². The maximum Gasteiger partial charge on any atom is 0.286 e. The lowest BCUT2D eigenvalue weighted by Gasteiger charge is -2.29. The smallest absolute Gasteiger partial charge is 0.286 e. The van der Waals surface area contributed by atoms with Gasteiger partial charge in [0.15, 0.2) is 5.76 Å². The molecule has 1 aliphatic heterocycles. The first-order chi connectivity index (χ1) is 12.7. The Hall–Kier alpha value is -1.93. The van der Waals surface area contributed by atoms with Crippen LogP contribution < -0.4 is 5.32 Å². The summed E-state index contributed by atoms with van der Waals surface area (Å²) in [5.74, 6) is -0.00761. The minimum absolute atomic E-state index is 0.0233. The minimum Gasteiger partial charge on any atom is -0.459 e. The van der Waals surface area contributed by atoms with E-state index in [-0.39, 0.29) is 30.8 Å². The molecule has 0 fully saturated rings. The summed E-state index contributed by atoms with van der Waals surface area (Å²) in [6.07, 6.45) is 1.91. The first-order valence-corrected chi connectivity index (χ1v) is 8.75. The fraction of sp³-hybridized carbons (Fsp3) is 0.526. The highest BCUT2D eigenvalue weighted by atomic mass is 16.7. The number of hydrogen-bond acceptors (Lipinski definition) is 6. The number of rotatable bonds is 11. The van der Waals surface area contributed by atoms with E-state index in [4.69, 9.17) is 24.1 Å². The monoisotopic (exact) mass is 365 g/mol. The largest absolute Gasteiger partial charge is 0.459 e. The highest BCUT2D eigenvalue weighted by molar-refractivity contribution is 5.91. The van der Waals surface area contributed by atoms with Gasteiger partial charge < -0.3 is 29.4 Å². The number of carbonyl (C=O) groups excluding carboxylic acids is 1. The van der Waals surface area contributed by atoms with Crippen LogP contribution in [0.1, 0.15) is 17.9 Å². The first kappa shape index (κ1) is 20.4. The predicted octanol–water partition coefficient (Wildman–Crippen LogP) is 1.19. The Bertz CT molecular complexity index is 562. The van der Waals surface area contributed by atoms with Gasteiger partial charge in [-0.05, 0) is 11.6 Å². The van der Waals surface area contributed by atoms with Gasteiger partial charge in [0, 0.05) is 26.0 Å². The van der Waals surface area contributed by atoms with Gasteiger partial charge in [0.2, 0.25) is 6.29 Å². The average Bonchev–Trinajstić information content (AvgIpc) is 2.68. The van der Waals surface area contributed by atoms with Crippen LogP contribution in [0.5, 0.6) is 0 Å². The van der Waals surface area contributed by atoms with Gasteiger partial charge in [-0.1, -0.05) is 30.3 Å². The molecule has 0 saturated carbocycles. The van der Waals surface area contributed by atoms with E-state index in [0.717, 1.165) is 5.56 Å². The molecule has 0 bridgehead atoms. The molecule has 2 rings (SSSR count). The molecule has 1 aromatic carbocycles. The molecule has 0 spiro atoms. The second kappa shape index (κ2) is 11.6. The summed E-state index contributed by atoms with van der Waals surface area (Å²) < 4.78 is 21.6. The Labute approximate surface area is 153 Å². The topological polar surface area (TPSA) is 86.3 Å². The van der Waals surface area contributed by atoms with Crippen molar-refractivity contribution >= 4 is 5.91 Å². The van der Waals surface area contributed by atoms with Crippen molar-refractivity contribution < 1.29 is 28.8 Å². The number of hydrogen-bond donors (Lipinski definition) is 2. The lowest BCUT2D eigenvalue weighted by Crippen LogP contribution is -2.34. The van der Waals surface area contributed by atoms with Crippen molar-refractivity contribution in [3.63, 3.8) is 0 Å². The maximum atomic E-state index is 12.3. The lowest BCUT2D eigenvalue weighted by molar-refractivity contribution is -0.151. The van der Waals surface area contributed by atoms with Gasteiger partial charge >= 0.3 is 0 Å². The number of methoxy groups -OCH3 is 1. The first-order valence-electron chi connectivity index (χ1n) is 8.75. The van der Waals surface area contributed by atoms with Gasteiger partial charge in [0.25, 0.3) is 5.91 Å². The lowest BCUT2D eigenvalue weighted by atomic mass is 9.93. The zero-order valence-electron chi connectivity index (χ0n) is 15.1. The molecule has 2 unspecified atom stereocenters. The van der Waals surface area contributed by atoms with E-state index in [1.165, 1.54) is 0 Å². The molecule has 1 amide bonds. The van der Waals surface area contributed by atoms with Crippen LogP contribution in [0.15, 0.2) is 42.2 Å². The summed E-state index contributed by atoms with van der Waals surface area (Å²) >= 11 is 0. The third-order valence-corrected chi connectivity index (χ3v) is 3.87. The fourth-order valence-corrected chi connectivity index (χ4v) is 2.61. The summed E-state index contributed by atoms with van der Waals surface area (Å²) in [5, 5.41) is 11.5. The van der Waals surface area contributed by atoms with Crippen molar-refractivity contribution in [3.8, 4) is 0 Å². The molecule has 1 aromatic rings. The Kier molecular flexibility index (Phi) is 9.13. The molecule has 0 saturated heterocycles. The van der Waals surface area contributed by atoms with Crippen molar-refractivity contribution in [1.29, 1.82) is 0 Å². The quantitative estimate of drug-likeness (QED) is 0.573. The van der Waals surface area contributed by atoms with Crippen LogP contribution in [-0.4, -0.2) is 64.0 Å². The predicted molar refractivity (Wildman–Crippen MR) is 95.5 cm³/mol. The zero-order valence-corrected chi connectivity index (χ0v) is 15.1. The van der Waals surface area contributed by atoms with E-state index in [9.17, 15) is 4.79 Å². The number of amides is 1. The van der Waals surface area contributed by atoms with Crippen molar-refractivity contribution in [3.05, 3.63) is 47.7 Å². The van der Waals surface area contributed by atoms with Gasteiger partial charge in [-0.15, -0.1) is 0 Å². The van der Waals surface area contributed by atoms with Crippen LogP contribution in [0.3, 0.4) is 0 Å². The van der Waals surface area contributed by atoms with Gasteiger partial charge in [-0.3, -0.25) is 4.79 Å². The fourth-order valence-electron chi connectivity index (χ4n) is 2.61. The Morgan fingerprint density at radius 3 is 2.77 bits per heavy atom. The maximum absolute atomic E-state index is 12.3. The third-order valence-electron chi connectivity index (χ3n) is 3.87. The Morgan fingerprint density at radius 1 is 1.23 bits per heavy atom. The van der Waals surface area contributed by atoms with E-state index in [1.807, 2.05) is 36.4 Å². The highest BCUT2D eigenvalue weighted by Crippen LogP contribution is 2.31. The van der Waals surface area contributed by atoms with Crippen molar-refractivity contribution in [1.82, 2.24) is 5.32 Å². The van der Waals surface area contributed by atoms with Crippen molar-refractivity contribution in [2.24, 2.45) is 0 Å². The van der Waals surface area contributed by atoms with Crippen LogP contribution in [0.2, 0.25) is 0 Å². The van der Waals surface area contributed by atoms with Gasteiger partial charge in [0.05, 0.1) is 33.0 Å². The summed E-state index contributed by atoms with van der Waals surface area (Å²) in [6, 6.07) is 9.94. The van der Waals surface area contributed by atoms with Gasteiger partial charge in [-0.25, -0.2) is 0 Å². The molecule has 0 aromatic heterocycles. The van der Waals surface area contributed by atoms with Crippen LogP contribution in [-0.2, 0) is 23.7 Å². The summed E-state index contributed by atoms with van der Waals surface area (Å²) in [6.45, 7) is 1.77. The highest BCUT2D eigenvalue weighted by Gasteiger charge is 2.28. The molecule has 0 aliphatic carbocycles. The van der Waals surface area contributed by atoms with E-state index < -0.39 is 6.29 Å². The van der Waals surface area contributed by atoms with Crippen LogP contribution in [0.25, 0.3) is 0 Å². The molecular weight excluding hydrogens is 338 g/mol. The third kappa shape index (κ3) is 6.76. The molecule has 144 valence electrons. The Morgan fingerprint density at radius 2 is 2.04 bits per heavy atom. The van der Waals surface area contributed by atoms with Crippen LogP contribution in [0.4, 0.5) is 0 Å². The normalized spacial score (nSPS) is 19.5. The van der Waals surface area contributed by atoms with Gasteiger partial charge in [-0.2, -0.15) is 0 Å². The van der Waals surface area contributed by atoms with Crippen LogP contribution in [0, 0.1) is 0 Å².